The first-order valence-electron chi connectivity index (χ1n) is 5.91. The van der Waals surface area contributed by atoms with Gasteiger partial charge in [0.05, 0.1) is 18.8 Å². The van der Waals surface area contributed by atoms with Gasteiger partial charge in [0.15, 0.2) is 0 Å². The highest BCUT2D eigenvalue weighted by Gasteiger charge is 2.34. The zero-order valence-corrected chi connectivity index (χ0v) is 9.58. The van der Waals surface area contributed by atoms with E-state index in [4.69, 9.17) is 5.73 Å². The van der Waals surface area contributed by atoms with Crippen LogP contribution in [0.2, 0.25) is 0 Å². The predicted octanol–water partition coefficient (Wildman–Crippen LogP) is -0.163. The molecule has 4 nitrogen and oxygen atoms in total. The van der Waals surface area contributed by atoms with Gasteiger partial charge in [-0.25, -0.2) is 0 Å². The van der Waals surface area contributed by atoms with Crippen molar-refractivity contribution in [3.63, 3.8) is 0 Å². The molecule has 1 aliphatic rings. The van der Waals surface area contributed by atoms with E-state index in [1.54, 1.807) is 0 Å². The molecule has 0 bridgehead atoms. The summed E-state index contributed by atoms with van der Waals surface area (Å²) in [7, 11) is 0. The summed E-state index contributed by atoms with van der Waals surface area (Å²) in [5.41, 5.74) is 5.18. The molecule has 1 rings (SSSR count). The van der Waals surface area contributed by atoms with Crippen molar-refractivity contribution in [3.05, 3.63) is 0 Å². The maximum absolute atomic E-state index is 9.34. The zero-order chi connectivity index (χ0) is 11.3. The van der Waals surface area contributed by atoms with Gasteiger partial charge in [0.25, 0.3) is 0 Å². The fraction of sp³-hybridized carbons (Fsp3) is 1.00. The predicted molar refractivity (Wildman–Crippen MR) is 60.5 cm³/mol. The lowest BCUT2D eigenvalue weighted by Gasteiger charge is -2.35. The molecular weight excluding hydrogens is 192 g/mol. The summed E-state index contributed by atoms with van der Waals surface area (Å²) in [4.78, 5) is 0. The van der Waals surface area contributed by atoms with Crippen LogP contribution in [-0.4, -0.2) is 41.6 Å². The second-order valence-corrected chi connectivity index (χ2v) is 4.63. The highest BCUT2D eigenvalue weighted by Crippen LogP contribution is 2.27. The molecule has 90 valence electrons. The average molecular weight is 216 g/mol. The Bertz CT molecular complexity index is 175. The van der Waals surface area contributed by atoms with Crippen molar-refractivity contribution < 1.29 is 10.2 Å². The molecule has 0 spiro atoms. The second kappa shape index (κ2) is 5.80. The Morgan fingerprint density at radius 2 is 2.00 bits per heavy atom. The zero-order valence-electron chi connectivity index (χ0n) is 9.58. The Morgan fingerprint density at radius 1 is 1.33 bits per heavy atom. The largest absolute Gasteiger partial charge is 0.394 e. The van der Waals surface area contributed by atoms with Gasteiger partial charge in [0, 0.05) is 6.04 Å². The summed E-state index contributed by atoms with van der Waals surface area (Å²) in [5.74, 6) is 0.494. The third-order valence-electron chi connectivity index (χ3n) is 3.74. The normalized spacial score (nSPS) is 27.2. The first-order valence-corrected chi connectivity index (χ1v) is 5.91. The lowest BCUT2D eigenvalue weighted by atomic mass is 9.94. The molecule has 5 N–H and O–H groups in total. The van der Waals surface area contributed by atoms with Crippen LogP contribution in [0.4, 0.5) is 0 Å². The average Bonchev–Trinajstić information content (AvgIpc) is 2.73. The molecule has 0 aromatic rings. The molecule has 0 radical (unpaired) electrons. The molecule has 1 fully saturated rings. The van der Waals surface area contributed by atoms with Crippen molar-refractivity contribution in [3.8, 4) is 0 Å². The molecule has 0 aliphatic heterocycles. The summed E-state index contributed by atoms with van der Waals surface area (Å²) < 4.78 is 0. The molecule has 0 aromatic carbocycles. The summed E-state index contributed by atoms with van der Waals surface area (Å²) >= 11 is 0. The van der Waals surface area contributed by atoms with Gasteiger partial charge in [0.2, 0.25) is 0 Å². The highest BCUT2D eigenvalue weighted by molar-refractivity contribution is 4.93. The van der Waals surface area contributed by atoms with Crippen molar-refractivity contribution in [1.29, 1.82) is 0 Å². The SMILES string of the molecule is CCC(CO)(CO)NC1CCCC1CN. The van der Waals surface area contributed by atoms with Crippen molar-refractivity contribution in [2.75, 3.05) is 19.8 Å². The van der Waals surface area contributed by atoms with E-state index in [1.807, 2.05) is 6.92 Å². The Hall–Kier alpha value is -0.160. The molecule has 15 heavy (non-hydrogen) atoms. The first-order chi connectivity index (χ1) is 7.21. The van der Waals surface area contributed by atoms with Gasteiger partial charge < -0.3 is 21.3 Å². The van der Waals surface area contributed by atoms with E-state index in [-0.39, 0.29) is 13.2 Å². The minimum Gasteiger partial charge on any atom is -0.394 e. The maximum atomic E-state index is 9.34. The lowest BCUT2D eigenvalue weighted by Crippen LogP contribution is -2.56. The monoisotopic (exact) mass is 216 g/mol. The lowest BCUT2D eigenvalue weighted by molar-refractivity contribution is 0.0730. The standard InChI is InChI=1S/C11H24N2O2/c1-2-11(7-14,8-15)13-10-5-3-4-9(10)6-12/h9-10,13-15H,2-8,12H2,1H3. The molecule has 0 saturated heterocycles. The number of aliphatic hydroxyl groups is 2. The molecule has 2 unspecified atom stereocenters. The molecule has 0 aromatic heterocycles. The van der Waals surface area contributed by atoms with E-state index in [9.17, 15) is 10.2 Å². The molecule has 0 heterocycles. The summed E-state index contributed by atoms with van der Waals surface area (Å²) in [5, 5.41) is 22.1. The van der Waals surface area contributed by atoms with E-state index >= 15 is 0 Å². The summed E-state index contributed by atoms with van der Waals surface area (Å²) in [6.07, 6.45) is 4.18. The van der Waals surface area contributed by atoms with Gasteiger partial charge in [-0.15, -0.1) is 0 Å². The van der Waals surface area contributed by atoms with Crippen LogP contribution in [0.5, 0.6) is 0 Å². The second-order valence-electron chi connectivity index (χ2n) is 4.63. The van der Waals surface area contributed by atoms with E-state index in [1.165, 1.54) is 6.42 Å². The molecule has 0 amide bonds. The number of nitrogens with one attached hydrogen (secondary N) is 1. The maximum Gasteiger partial charge on any atom is 0.0647 e. The number of rotatable bonds is 6. The van der Waals surface area contributed by atoms with Crippen LogP contribution in [-0.2, 0) is 0 Å². The fourth-order valence-corrected chi connectivity index (χ4v) is 2.37. The molecule has 4 heteroatoms. The number of hydrogen-bond donors (Lipinski definition) is 4. The third kappa shape index (κ3) is 2.91. The molecule has 2 atom stereocenters. The van der Waals surface area contributed by atoms with Crippen LogP contribution in [0.25, 0.3) is 0 Å². The molecule has 1 saturated carbocycles. The summed E-state index contributed by atoms with van der Waals surface area (Å²) in [6, 6.07) is 0.356. The van der Waals surface area contributed by atoms with Crippen LogP contribution >= 0.6 is 0 Å². The molecule has 1 aliphatic carbocycles. The number of nitrogens with two attached hydrogens (primary N) is 1. The number of aliphatic hydroxyl groups excluding tert-OH is 2. The van der Waals surface area contributed by atoms with Gasteiger partial charge >= 0.3 is 0 Å². The minimum atomic E-state index is -0.525. The van der Waals surface area contributed by atoms with E-state index in [2.05, 4.69) is 5.32 Å². The van der Waals surface area contributed by atoms with Gasteiger partial charge in [-0.3, -0.25) is 0 Å². The van der Waals surface area contributed by atoms with Gasteiger partial charge in [-0.1, -0.05) is 13.3 Å². The van der Waals surface area contributed by atoms with Crippen LogP contribution in [0, 0.1) is 5.92 Å². The Morgan fingerprint density at radius 3 is 2.47 bits per heavy atom. The van der Waals surface area contributed by atoms with Crippen molar-refractivity contribution >= 4 is 0 Å². The van der Waals surface area contributed by atoms with Gasteiger partial charge in [0.1, 0.15) is 0 Å². The van der Waals surface area contributed by atoms with Crippen molar-refractivity contribution in [1.82, 2.24) is 5.32 Å². The Labute approximate surface area is 91.9 Å². The van der Waals surface area contributed by atoms with Gasteiger partial charge in [-0.05, 0) is 31.7 Å². The van der Waals surface area contributed by atoms with Crippen LogP contribution in [0.1, 0.15) is 32.6 Å². The highest BCUT2D eigenvalue weighted by atomic mass is 16.3. The van der Waals surface area contributed by atoms with Crippen LogP contribution < -0.4 is 11.1 Å². The third-order valence-corrected chi connectivity index (χ3v) is 3.74. The minimum absolute atomic E-state index is 0.0200. The smallest absolute Gasteiger partial charge is 0.0647 e. The van der Waals surface area contributed by atoms with E-state index in [0.29, 0.717) is 18.5 Å². The molecular formula is C11H24N2O2. The fourth-order valence-electron chi connectivity index (χ4n) is 2.37. The van der Waals surface area contributed by atoms with Crippen LogP contribution in [0.15, 0.2) is 0 Å². The van der Waals surface area contributed by atoms with Crippen LogP contribution in [0.3, 0.4) is 0 Å². The Balaban J connectivity index is 2.57. The van der Waals surface area contributed by atoms with Crippen molar-refractivity contribution in [2.45, 2.75) is 44.2 Å². The van der Waals surface area contributed by atoms with Gasteiger partial charge in [-0.2, -0.15) is 0 Å². The van der Waals surface area contributed by atoms with E-state index in [0.717, 1.165) is 19.3 Å². The van der Waals surface area contributed by atoms with E-state index < -0.39 is 5.54 Å². The first kappa shape index (κ1) is 12.9. The van der Waals surface area contributed by atoms with Crippen molar-refractivity contribution in [2.24, 2.45) is 11.7 Å². The quantitative estimate of drug-likeness (QED) is 0.497. The number of hydrogen-bond acceptors (Lipinski definition) is 4. The Kier molecular flexibility index (Phi) is 4.99. The topological polar surface area (TPSA) is 78.5 Å². The summed E-state index contributed by atoms with van der Waals surface area (Å²) in [6.45, 7) is 2.63.